The third-order valence-corrected chi connectivity index (χ3v) is 8.59. The maximum absolute atomic E-state index is 13.5. The number of anilines is 2. The molecule has 2 aliphatic rings. The summed E-state index contributed by atoms with van der Waals surface area (Å²) in [5.74, 6) is 0.0413. The molecule has 1 atom stereocenters. The van der Waals surface area contributed by atoms with E-state index in [1.165, 1.54) is 4.31 Å². The number of hydrogen-bond acceptors (Lipinski definition) is 5. The second-order valence-corrected chi connectivity index (χ2v) is 11.4. The number of para-hydroxylation sites is 2. The molecule has 1 saturated heterocycles. The highest BCUT2D eigenvalue weighted by atomic mass is 35.5. The Labute approximate surface area is 216 Å². The third-order valence-electron chi connectivity index (χ3n) is 6.64. The van der Waals surface area contributed by atoms with Gasteiger partial charge in [-0.1, -0.05) is 60.1 Å². The van der Waals surface area contributed by atoms with Gasteiger partial charge in [-0.05, 0) is 42.3 Å². The Hall–Kier alpha value is -3.23. The van der Waals surface area contributed by atoms with E-state index in [0.717, 1.165) is 11.3 Å². The highest BCUT2D eigenvalue weighted by Crippen LogP contribution is 2.36. The lowest BCUT2D eigenvalue weighted by Gasteiger charge is -2.40. The first-order valence-corrected chi connectivity index (χ1v) is 13.9. The maximum Gasteiger partial charge on any atom is 0.265 e. The molecule has 3 aromatic carbocycles. The minimum Gasteiger partial charge on any atom is -0.476 e. The molecule has 2 aliphatic heterocycles. The summed E-state index contributed by atoms with van der Waals surface area (Å²) in [6, 6.07) is 21.8. The zero-order valence-corrected chi connectivity index (χ0v) is 21.6. The molecule has 3 aromatic rings. The van der Waals surface area contributed by atoms with Gasteiger partial charge in [-0.3, -0.25) is 9.10 Å². The molecule has 0 saturated carbocycles. The van der Waals surface area contributed by atoms with Crippen molar-refractivity contribution in [3.05, 3.63) is 88.9 Å². The number of sulfonamides is 1. The first-order valence-electron chi connectivity index (χ1n) is 11.9. The molecule has 0 aliphatic carbocycles. The molecule has 188 valence electrons. The van der Waals surface area contributed by atoms with Crippen molar-refractivity contribution in [3.8, 4) is 5.75 Å². The molecule has 9 heteroatoms. The van der Waals surface area contributed by atoms with E-state index in [0.29, 0.717) is 48.2 Å². The van der Waals surface area contributed by atoms with Gasteiger partial charge in [0.05, 0.1) is 18.0 Å². The number of fused-ring (bicyclic) bond motifs is 1. The summed E-state index contributed by atoms with van der Waals surface area (Å²) in [7, 11) is -3.74. The molecule has 7 nitrogen and oxygen atoms in total. The zero-order valence-electron chi connectivity index (χ0n) is 20.0. The summed E-state index contributed by atoms with van der Waals surface area (Å²) in [5.41, 5.74) is 3.34. The summed E-state index contributed by atoms with van der Waals surface area (Å²) in [6.45, 7) is 4.34. The van der Waals surface area contributed by atoms with Gasteiger partial charge in [0.15, 0.2) is 6.10 Å². The van der Waals surface area contributed by atoms with Gasteiger partial charge in [-0.25, -0.2) is 8.42 Å². The molecule has 5 rings (SSSR count). The molecular formula is C27H28ClN3O4S. The smallest absolute Gasteiger partial charge is 0.265 e. The van der Waals surface area contributed by atoms with E-state index >= 15 is 0 Å². The Kier molecular flexibility index (Phi) is 6.81. The van der Waals surface area contributed by atoms with Crippen molar-refractivity contribution >= 4 is 38.9 Å². The predicted molar refractivity (Wildman–Crippen MR) is 142 cm³/mol. The molecule has 2 heterocycles. The highest BCUT2D eigenvalue weighted by molar-refractivity contribution is 7.92. The fraction of sp³-hybridized carbons (Fsp3) is 0.296. The van der Waals surface area contributed by atoms with E-state index in [2.05, 4.69) is 4.90 Å². The predicted octanol–water partition coefficient (Wildman–Crippen LogP) is 4.09. The summed E-state index contributed by atoms with van der Waals surface area (Å²) < 4.78 is 34.3. The molecule has 36 heavy (non-hydrogen) atoms. The van der Waals surface area contributed by atoms with E-state index in [-0.39, 0.29) is 18.2 Å². The Bertz CT molecular complexity index is 1360. The van der Waals surface area contributed by atoms with Crippen molar-refractivity contribution in [2.24, 2.45) is 0 Å². The van der Waals surface area contributed by atoms with Crippen LogP contribution in [0.25, 0.3) is 0 Å². The van der Waals surface area contributed by atoms with E-state index in [1.807, 2.05) is 43.3 Å². The summed E-state index contributed by atoms with van der Waals surface area (Å²) >= 11 is 6.20. The Morgan fingerprint density at radius 2 is 1.64 bits per heavy atom. The van der Waals surface area contributed by atoms with Crippen molar-refractivity contribution in [1.82, 2.24) is 4.90 Å². The number of carbonyl (C=O) groups excluding carboxylic acids is 1. The Balaban J connectivity index is 1.32. The van der Waals surface area contributed by atoms with Crippen LogP contribution in [0, 0.1) is 6.92 Å². The number of carbonyl (C=O) groups is 1. The molecule has 1 amide bonds. The lowest BCUT2D eigenvalue weighted by molar-refractivity contribution is -0.138. The number of nitrogens with zero attached hydrogens (tertiary/aromatic N) is 3. The number of aryl methyl sites for hydroxylation is 1. The van der Waals surface area contributed by atoms with Crippen LogP contribution in [-0.4, -0.2) is 58.1 Å². The maximum atomic E-state index is 13.5. The third kappa shape index (κ3) is 5.01. The molecule has 0 bridgehead atoms. The standard InChI is InChI=1S/C27H28ClN3O4S/c1-20-11-12-22(28)17-24(20)29-13-15-30(16-14-29)27(32)26-18-31(23-9-5-6-10-25(23)35-26)36(33,34)19-21-7-3-2-4-8-21/h2-12,17,26H,13-16,18-19H2,1H3/t26-/m0/s1. The molecule has 0 N–H and O–H groups in total. The minimum absolute atomic E-state index is 0.0569. The average molecular weight is 526 g/mol. The summed E-state index contributed by atoms with van der Waals surface area (Å²) in [5, 5.41) is 0.681. The van der Waals surface area contributed by atoms with E-state index in [4.69, 9.17) is 16.3 Å². The van der Waals surface area contributed by atoms with Gasteiger partial charge >= 0.3 is 0 Å². The molecule has 0 unspecified atom stereocenters. The normalized spacial score (nSPS) is 17.9. The van der Waals surface area contributed by atoms with Crippen molar-refractivity contribution in [2.45, 2.75) is 18.8 Å². The number of rotatable bonds is 5. The van der Waals surface area contributed by atoms with Crippen LogP contribution in [0.15, 0.2) is 72.8 Å². The number of hydrogen-bond donors (Lipinski definition) is 0. The van der Waals surface area contributed by atoms with Crippen LogP contribution in [0.4, 0.5) is 11.4 Å². The first kappa shape index (κ1) is 24.5. The van der Waals surface area contributed by atoms with Crippen LogP contribution in [0.5, 0.6) is 5.75 Å². The Morgan fingerprint density at radius 1 is 0.944 bits per heavy atom. The summed E-state index contributed by atoms with van der Waals surface area (Å²) in [4.78, 5) is 17.5. The topological polar surface area (TPSA) is 70.2 Å². The van der Waals surface area contributed by atoms with Gasteiger partial charge in [0, 0.05) is 36.9 Å². The second-order valence-electron chi connectivity index (χ2n) is 9.09. The first-order chi connectivity index (χ1) is 17.3. The lowest BCUT2D eigenvalue weighted by Crippen LogP contribution is -2.56. The molecular weight excluding hydrogens is 498 g/mol. The van der Waals surface area contributed by atoms with Crippen LogP contribution < -0.4 is 13.9 Å². The number of ether oxygens (including phenoxy) is 1. The molecule has 0 spiro atoms. The van der Waals surface area contributed by atoms with Crippen LogP contribution in [0.3, 0.4) is 0 Å². The lowest BCUT2D eigenvalue weighted by atomic mass is 10.1. The monoisotopic (exact) mass is 525 g/mol. The number of amides is 1. The van der Waals surface area contributed by atoms with Gasteiger partial charge < -0.3 is 14.5 Å². The second kappa shape index (κ2) is 10.0. The fourth-order valence-electron chi connectivity index (χ4n) is 4.75. The van der Waals surface area contributed by atoms with E-state index in [9.17, 15) is 13.2 Å². The van der Waals surface area contributed by atoms with E-state index in [1.54, 1.807) is 41.3 Å². The van der Waals surface area contributed by atoms with Crippen LogP contribution in [0.1, 0.15) is 11.1 Å². The average Bonchev–Trinajstić information content (AvgIpc) is 2.89. The Morgan fingerprint density at radius 3 is 2.39 bits per heavy atom. The fourth-order valence-corrected chi connectivity index (χ4v) is 6.50. The minimum atomic E-state index is -3.74. The molecule has 0 radical (unpaired) electrons. The van der Waals surface area contributed by atoms with Gasteiger partial charge in [0.25, 0.3) is 5.91 Å². The van der Waals surface area contributed by atoms with Crippen LogP contribution in [0.2, 0.25) is 5.02 Å². The van der Waals surface area contributed by atoms with Crippen molar-refractivity contribution in [1.29, 1.82) is 0 Å². The zero-order chi connectivity index (χ0) is 25.3. The number of benzene rings is 3. The molecule has 0 aromatic heterocycles. The SMILES string of the molecule is Cc1ccc(Cl)cc1N1CCN(C(=O)[C@@H]2CN(S(=O)(=O)Cc3ccccc3)c3ccccc3O2)CC1. The van der Waals surface area contributed by atoms with Gasteiger partial charge in [0.2, 0.25) is 10.0 Å². The quantitative estimate of drug-likeness (QED) is 0.502. The van der Waals surface area contributed by atoms with Crippen molar-refractivity contribution in [3.63, 3.8) is 0 Å². The van der Waals surface area contributed by atoms with Gasteiger partial charge in [0.1, 0.15) is 5.75 Å². The van der Waals surface area contributed by atoms with Gasteiger partial charge in [-0.15, -0.1) is 0 Å². The van der Waals surface area contributed by atoms with E-state index < -0.39 is 16.1 Å². The number of halogens is 1. The largest absolute Gasteiger partial charge is 0.476 e. The number of piperazine rings is 1. The van der Waals surface area contributed by atoms with Crippen molar-refractivity contribution < 1.29 is 17.9 Å². The van der Waals surface area contributed by atoms with Crippen LogP contribution in [-0.2, 0) is 20.6 Å². The highest BCUT2D eigenvalue weighted by Gasteiger charge is 2.39. The molecule has 1 fully saturated rings. The summed E-state index contributed by atoms with van der Waals surface area (Å²) in [6.07, 6.45) is -0.912. The van der Waals surface area contributed by atoms with Crippen LogP contribution >= 0.6 is 11.6 Å². The van der Waals surface area contributed by atoms with Gasteiger partial charge in [-0.2, -0.15) is 0 Å². The van der Waals surface area contributed by atoms with Crippen molar-refractivity contribution in [2.75, 3.05) is 41.9 Å².